The van der Waals surface area contributed by atoms with Crippen LogP contribution in [0, 0.1) is 6.92 Å². The third-order valence-corrected chi connectivity index (χ3v) is 4.45. The highest BCUT2D eigenvalue weighted by atomic mass is 79.9. The topological polar surface area (TPSA) is 49.3 Å². The van der Waals surface area contributed by atoms with Gasteiger partial charge in [0.25, 0.3) is 0 Å². The van der Waals surface area contributed by atoms with Gasteiger partial charge in [0, 0.05) is 20.7 Å². The predicted molar refractivity (Wildman–Crippen MR) is 92.0 cm³/mol. The molecule has 3 nitrogen and oxygen atoms in total. The van der Waals surface area contributed by atoms with Crippen molar-refractivity contribution in [3.05, 3.63) is 62.0 Å². The molecule has 2 aromatic rings. The van der Waals surface area contributed by atoms with Crippen LogP contribution in [0.25, 0.3) is 0 Å². The highest BCUT2D eigenvalue weighted by Crippen LogP contribution is 2.30. The minimum atomic E-state index is -0.909. The van der Waals surface area contributed by atoms with Crippen molar-refractivity contribution in [1.29, 1.82) is 0 Å². The van der Waals surface area contributed by atoms with Gasteiger partial charge in [0.15, 0.2) is 0 Å². The summed E-state index contributed by atoms with van der Waals surface area (Å²) in [6.45, 7) is 3.97. The highest BCUT2D eigenvalue weighted by molar-refractivity contribution is 9.11. The van der Waals surface area contributed by atoms with Crippen molar-refractivity contribution in [2.75, 3.05) is 5.32 Å². The Hall–Kier alpha value is -1.33. The molecule has 0 aromatic heterocycles. The van der Waals surface area contributed by atoms with Crippen molar-refractivity contribution in [1.82, 2.24) is 0 Å². The zero-order valence-corrected chi connectivity index (χ0v) is 14.8. The average Bonchev–Trinajstić information content (AvgIpc) is 2.40. The van der Waals surface area contributed by atoms with Crippen LogP contribution in [-0.4, -0.2) is 11.1 Å². The molecule has 0 amide bonds. The van der Waals surface area contributed by atoms with Crippen LogP contribution in [0.15, 0.2) is 45.3 Å². The van der Waals surface area contributed by atoms with Gasteiger partial charge >= 0.3 is 5.97 Å². The molecule has 0 radical (unpaired) electrons. The molecule has 0 bridgehead atoms. The molecule has 2 N–H and O–H groups in total. The van der Waals surface area contributed by atoms with E-state index < -0.39 is 5.97 Å². The molecule has 110 valence electrons. The maximum atomic E-state index is 11.0. The Balaban J connectivity index is 2.23. The number of nitrogens with one attached hydrogen (secondary N) is 1. The number of hydrogen-bond acceptors (Lipinski definition) is 2. The van der Waals surface area contributed by atoms with E-state index in [0.29, 0.717) is 5.56 Å². The maximum absolute atomic E-state index is 11.0. The molecule has 1 atom stereocenters. The smallest absolute Gasteiger partial charge is 0.335 e. The monoisotopic (exact) mass is 411 g/mol. The zero-order valence-electron chi connectivity index (χ0n) is 11.7. The summed E-state index contributed by atoms with van der Waals surface area (Å²) in [6, 6.07) is 11.2. The molecular weight excluding hydrogens is 398 g/mol. The fourth-order valence-corrected chi connectivity index (χ4v) is 3.51. The summed E-state index contributed by atoms with van der Waals surface area (Å²) in [5.74, 6) is -0.909. The molecule has 0 aliphatic carbocycles. The van der Waals surface area contributed by atoms with E-state index >= 15 is 0 Å². The molecule has 0 saturated carbocycles. The lowest BCUT2D eigenvalue weighted by Gasteiger charge is -2.19. The second-order valence-corrected chi connectivity index (χ2v) is 6.64. The van der Waals surface area contributed by atoms with E-state index in [0.717, 1.165) is 25.8 Å². The Bertz CT molecular complexity index is 686. The number of benzene rings is 2. The van der Waals surface area contributed by atoms with Crippen molar-refractivity contribution in [3.8, 4) is 0 Å². The maximum Gasteiger partial charge on any atom is 0.335 e. The molecule has 2 aromatic carbocycles. The van der Waals surface area contributed by atoms with Crippen LogP contribution >= 0.6 is 31.9 Å². The number of rotatable bonds is 4. The Morgan fingerprint density at radius 2 is 1.90 bits per heavy atom. The fourth-order valence-electron chi connectivity index (χ4n) is 2.12. The first kappa shape index (κ1) is 16.0. The number of carboxylic acid groups (broad SMARTS) is 1. The predicted octanol–water partition coefficient (Wildman–Crippen LogP) is 5.39. The number of aryl methyl sites for hydroxylation is 1. The molecule has 5 heteroatoms. The van der Waals surface area contributed by atoms with Crippen molar-refractivity contribution >= 4 is 43.5 Å². The molecule has 0 fully saturated rings. The lowest BCUT2D eigenvalue weighted by molar-refractivity contribution is 0.0697. The van der Waals surface area contributed by atoms with Gasteiger partial charge in [-0.25, -0.2) is 4.79 Å². The van der Waals surface area contributed by atoms with E-state index in [9.17, 15) is 4.79 Å². The molecule has 0 spiro atoms. The Kier molecular flexibility index (Phi) is 5.06. The van der Waals surface area contributed by atoms with Crippen LogP contribution in [0.4, 0.5) is 5.69 Å². The van der Waals surface area contributed by atoms with Crippen LogP contribution in [-0.2, 0) is 0 Å². The van der Waals surface area contributed by atoms with Gasteiger partial charge in [-0.1, -0.05) is 37.9 Å². The third-order valence-electron chi connectivity index (χ3n) is 3.27. The Morgan fingerprint density at radius 3 is 2.48 bits per heavy atom. The van der Waals surface area contributed by atoms with Crippen molar-refractivity contribution in [2.24, 2.45) is 0 Å². The van der Waals surface area contributed by atoms with E-state index in [1.807, 2.05) is 31.2 Å². The van der Waals surface area contributed by atoms with Crippen molar-refractivity contribution in [2.45, 2.75) is 19.9 Å². The van der Waals surface area contributed by atoms with E-state index in [1.165, 1.54) is 0 Å². The first-order chi connectivity index (χ1) is 9.88. The molecular formula is C16H15Br2NO2. The van der Waals surface area contributed by atoms with Crippen LogP contribution in [0.2, 0.25) is 0 Å². The first-order valence-electron chi connectivity index (χ1n) is 6.44. The van der Waals surface area contributed by atoms with Gasteiger partial charge in [-0.05, 0) is 55.3 Å². The SMILES string of the molecule is Cc1cc(C(=O)O)ccc1NC(C)c1ccc(Br)cc1Br. The quantitative estimate of drug-likeness (QED) is 0.707. The summed E-state index contributed by atoms with van der Waals surface area (Å²) >= 11 is 7.00. The van der Waals surface area contributed by atoms with Crippen LogP contribution in [0.5, 0.6) is 0 Å². The lowest BCUT2D eigenvalue weighted by atomic mass is 10.1. The minimum absolute atomic E-state index is 0.0989. The second kappa shape index (κ2) is 6.62. The molecule has 0 saturated heterocycles. The highest BCUT2D eigenvalue weighted by Gasteiger charge is 2.12. The molecule has 0 aliphatic rings. The van der Waals surface area contributed by atoms with Gasteiger partial charge < -0.3 is 10.4 Å². The number of anilines is 1. The Labute approximate surface area is 140 Å². The lowest BCUT2D eigenvalue weighted by Crippen LogP contribution is -2.09. The molecule has 1 unspecified atom stereocenters. The summed E-state index contributed by atoms with van der Waals surface area (Å²) in [5.41, 5.74) is 3.28. The number of hydrogen-bond donors (Lipinski definition) is 2. The molecule has 21 heavy (non-hydrogen) atoms. The Morgan fingerprint density at radius 1 is 1.19 bits per heavy atom. The van der Waals surface area contributed by atoms with Crippen LogP contribution < -0.4 is 5.32 Å². The number of carboxylic acids is 1. The average molecular weight is 413 g/mol. The number of halogens is 2. The summed E-state index contributed by atoms with van der Waals surface area (Å²) < 4.78 is 2.05. The van der Waals surface area contributed by atoms with Gasteiger partial charge in [0.05, 0.1) is 5.56 Å². The van der Waals surface area contributed by atoms with E-state index in [4.69, 9.17) is 5.11 Å². The molecule has 0 heterocycles. The van der Waals surface area contributed by atoms with E-state index in [-0.39, 0.29) is 6.04 Å². The first-order valence-corrected chi connectivity index (χ1v) is 8.02. The van der Waals surface area contributed by atoms with E-state index in [1.54, 1.807) is 12.1 Å². The van der Waals surface area contributed by atoms with Gasteiger partial charge in [-0.15, -0.1) is 0 Å². The number of aromatic carboxylic acids is 1. The molecule has 2 rings (SSSR count). The van der Waals surface area contributed by atoms with E-state index in [2.05, 4.69) is 44.1 Å². The van der Waals surface area contributed by atoms with Gasteiger partial charge in [0.1, 0.15) is 0 Å². The van der Waals surface area contributed by atoms with Crippen molar-refractivity contribution < 1.29 is 9.90 Å². The largest absolute Gasteiger partial charge is 0.478 e. The normalized spacial score (nSPS) is 12.0. The fraction of sp³-hybridized carbons (Fsp3) is 0.188. The van der Waals surface area contributed by atoms with Crippen LogP contribution in [0.3, 0.4) is 0 Å². The minimum Gasteiger partial charge on any atom is -0.478 e. The van der Waals surface area contributed by atoms with Gasteiger partial charge in [0.2, 0.25) is 0 Å². The summed E-state index contributed by atoms with van der Waals surface area (Å²) in [6.07, 6.45) is 0. The number of carbonyl (C=O) groups is 1. The summed E-state index contributed by atoms with van der Waals surface area (Å²) in [7, 11) is 0. The molecule has 0 aliphatic heterocycles. The van der Waals surface area contributed by atoms with Gasteiger partial charge in [-0.2, -0.15) is 0 Å². The standard InChI is InChI=1S/C16H15Br2NO2/c1-9-7-11(16(20)21)3-6-15(9)19-10(2)13-5-4-12(17)8-14(13)18/h3-8,10,19H,1-2H3,(H,20,21). The zero-order chi connectivity index (χ0) is 15.6. The third kappa shape index (κ3) is 3.86. The van der Waals surface area contributed by atoms with Gasteiger partial charge in [-0.3, -0.25) is 0 Å². The van der Waals surface area contributed by atoms with Crippen molar-refractivity contribution in [3.63, 3.8) is 0 Å². The van der Waals surface area contributed by atoms with Crippen LogP contribution in [0.1, 0.15) is 34.5 Å². The second-order valence-electron chi connectivity index (χ2n) is 4.87. The summed E-state index contributed by atoms with van der Waals surface area (Å²) in [4.78, 5) is 11.0. The summed E-state index contributed by atoms with van der Waals surface area (Å²) in [5, 5.41) is 12.4.